The maximum Gasteiger partial charge on any atom is 0.100 e. The van der Waals surface area contributed by atoms with Crippen molar-refractivity contribution in [1.82, 2.24) is 9.78 Å². The number of halogens is 1. The Labute approximate surface area is 82.3 Å². The van der Waals surface area contributed by atoms with E-state index in [1.807, 2.05) is 0 Å². The fourth-order valence-corrected chi connectivity index (χ4v) is 2.02. The van der Waals surface area contributed by atoms with Crippen LogP contribution in [0.5, 0.6) is 0 Å². The molecule has 1 aromatic rings. The standard InChI is InChI=1S/C9H13ClN2O/c1-5-3-6(5)9(13)8-7(10)4-11-12(8)2/h4-6,9,13H,3H2,1-2H3. The van der Waals surface area contributed by atoms with Crippen molar-refractivity contribution in [3.8, 4) is 0 Å². The molecule has 1 aliphatic rings. The first-order chi connectivity index (χ1) is 6.11. The second kappa shape index (κ2) is 3.00. The lowest BCUT2D eigenvalue weighted by Crippen LogP contribution is -2.08. The van der Waals surface area contributed by atoms with E-state index in [1.165, 1.54) is 0 Å². The monoisotopic (exact) mass is 200 g/mol. The Bertz CT molecular complexity index is 304. The van der Waals surface area contributed by atoms with Crippen LogP contribution in [0.3, 0.4) is 0 Å². The van der Waals surface area contributed by atoms with Crippen molar-refractivity contribution >= 4 is 11.6 Å². The van der Waals surface area contributed by atoms with Gasteiger partial charge in [-0.2, -0.15) is 5.10 Å². The van der Waals surface area contributed by atoms with Gasteiger partial charge in [-0.05, 0) is 18.3 Å². The second-order valence-corrected chi connectivity index (χ2v) is 4.23. The van der Waals surface area contributed by atoms with E-state index in [2.05, 4.69) is 12.0 Å². The first-order valence-electron chi connectivity index (χ1n) is 4.46. The van der Waals surface area contributed by atoms with Gasteiger partial charge in [-0.15, -0.1) is 0 Å². The highest BCUT2D eigenvalue weighted by atomic mass is 35.5. The number of aliphatic hydroxyl groups is 1. The van der Waals surface area contributed by atoms with Gasteiger partial charge in [0.05, 0.1) is 16.9 Å². The number of aliphatic hydroxyl groups excluding tert-OH is 1. The van der Waals surface area contributed by atoms with Crippen LogP contribution in [0.4, 0.5) is 0 Å². The molecule has 0 bridgehead atoms. The zero-order valence-corrected chi connectivity index (χ0v) is 8.49. The van der Waals surface area contributed by atoms with Gasteiger partial charge in [0.1, 0.15) is 6.10 Å². The minimum atomic E-state index is -0.449. The molecule has 1 heterocycles. The topological polar surface area (TPSA) is 38.1 Å². The quantitative estimate of drug-likeness (QED) is 0.790. The molecule has 0 spiro atoms. The van der Waals surface area contributed by atoms with Crippen molar-refractivity contribution in [2.24, 2.45) is 18.9 Å². The third kappa shape index (κ3) is 1.46. The van der Waals surface area contributed by atoms with Crippen LogP contribution in [0.1, 0.15) is 25.1 Å². The molecule has 0 aromatic carbocycles. The number of aromatic nitrogens is 2. The minimum Gasteiger partial charge on any atom is -0.386 e. The molecule has 0 amide bonds. The molecule has 72 valence electrons. The van der Waals surface area contributed by atoms with E-state index >= 15 is 0 Å². The van der Waals surface area contributed by atoms with Gasteiger partial charge in [-0.25, -0.2) is 0 Å². The molecule has 1 fully saturated rings. The number of nitrogens with zero attached hydrogens (tertiary/aromatic N) is 2. The molecule has 3 atom stereocenters. The van der Waals surface area contributed by atoms with Crippen molar-refractivity contribution < 1.29 is 5.11 Å². The molecule has 1 aliphatic carbocycles. The van der Waals surface area contributed by atoms with Crippen LogP contribution in [0.25, 0.3) is 0 Å². The van der Waals surface area contributed by atoms with Crippen LogP contribution in [-0.4, -0.2) is 14.9 Å². The first kappa shape index (κ1) is 9.03. The number of hydrogen-bond acceptors (Lipinski definition) is 2. The molecule has 1 aromatic heterocycles. The largest absolute Gasteiger partial charge is 0.386 e. The van der Waals surface area contributed by atoms with Crippen LogP contribution in [0.15, 0.2) is 6.20 Å². The van der Waals surface area contributed by atoms with Crippen LogP contribution in [0.2, 0.25) is 5.02 Å². The molecular weight excluding hydrogens is 188 g/mol. The van der Waals surface area contributed by atoms with E-state index < -0.39 is 6.10 Å². The van der Waals surface area contributed by atoms with Gasteiger partial charge in [0.2, 0.25) is 0 Å². The van der Waals surface area contributed by atoms with E-state index in [4.69, 9.17) is 11.6 Å². The summed E-state index contributed by atoms with van der Waals surface area (Å²) >= 11 is 5.92. The predicted molar refractivity (Wildman–Crippen MR) is 50.4 cm³/mol. The van der Waals surface area contributed by atoms with Gasteiger partial charge >= 0.3 is 0 Å². The smallest absolute Gasteiger partial charge is 0.100 e. The highest BCUT2D eigenvalue weighted by Gasteiger charge is 2.41. The van der Waals surface area contributed by atoms with Gasteiger partial charge in [0.15, 0.2) is 0 Å². The molecule has 3 unspecified atom stereocenters. The fraction of sp³-hybridized carbons (Fsp3) is 0.667. The maximum atomic E-state index is 9.94. The molecule has 1 N–H and O–H groups in total. The predicted octanol–water partition coefficient (Wildman–Crippen LogP) is 1.76. The van der Waals surface area contributed by atoms with Gasteiger partial charge in [0.25, 0.3) is 0 Å². The lowest BCUT2D eigenvalue weighted by molar-refractivity contribution is 0.139. The summed E-state index contributed by atoms with van der Waals surface area (Å²) in [7, 11) is 1.80. The molecule has 0 aliphatic heterocycles. The van der Waals surface area contributed by atoms with Gasteiger partial charge < -0.3 is 5.11 Å². The Morgan fingerprint density at radius 1 is 1.77 bits per heavy atom. The second-order valence-electron chi connectivity index (χ2n) is 3.82. The molecule has 2 rings (SSSR count). The number of hydrogen-bond donors (Lipinski definition) is 1. The molecule has 0 radical (unpaired) electrons. The highest BCUT2D eigenvalue weighted by molar-refractivity contribution is 6.31. The first-order valence-corrected chi connectivity index (χ1v) is 4.84. The summed E-state index contributed by atoms with van der Waals surface area (Å²) in [5.74, 6) is 0.980. The van der Waals surface area contributed by atoms with Crippen LogP contribution >= 0.6 is 11.6 Å². The minimum absolute atomic E-state index is 0.368. The van der Waals surface area contributed by atoms with Crippen molar-refractivity contribution in [3.05, 3.63) is 16.9 Å². The van der Waals surface area contributed by atoms with E-state index in [-0.39, 0.29) is 0 Å². The van der Waals surface area contributed by atoms with Gasteiger partial charge in [0, 0.05) is 7.05 Å². The van der Waals surface area contributed by atoms with E-state index in [9.17, 15) is 5.11 Å². The fourth-order valence-electron chi connectivity index (χ4n) is 1.75. The van der Waals surface area contributed by atoms with E-state index in [1.54, 1.807) is 17.9 Å². The Hall–Kier alpha value is -0.540. The molecule has 13 heavy (non-hydrogen) atoms. The summed E-state index contributed by atoms with van der Waals surface area (Å²) in [5.41, 5.74) is 0.746. The summed E-state index contributed by atoms with van der Waals surface area (Å²) in [4.78, 5) is 0. The van der Waals surface area contributed by atoms with E-state index in [0.717, 1.165) is 12.1 Å². The molecular formula is C9H13ClN2O. The Morgan fingerprint density at radius 2 is 2.38 bits per heavy atom. The summed E-state index contributed by atoms with van der Waals surface area (Å²) < 4.78 is 1.65. The zero-order chi connectivity index (χ0) is 9.59. The van der Waals surface area contributed by atoms with Crippen molar-refractivity contribution in [2.75, 3.05) is 0 Å². The van der Waals surface area contributed by atoms with Gasteiger partial charge in [-0.1, -0.05) is 18.5 Å². The lowest BCUT2D eigenvalue weighted by atomic mass is 10.1. The Kier molecular flexibility index (Phi) is 2.08. The van der Waals surface area contributed by atoms with Crippen molar-refractivity contribution in [2.45, 2.75) is 19.4 Å². The van der Waals surface area contributed by atoms with Crippen molar-refractivity contribution in [3.63, 3.8) is 0 Å². The maximum absolute atomic E-state index is 9.94. The van der Waals surface area contributed by atoms with Crippen LogP contribution in [0, 0.1) is 11.8 Å². The van der Waals surface area contributed by atoms with Crippen LogP contribution in [-0.2, 0) is 7.05 Å². The highest BCUT2D eigenvalue weighted by Crippen LogP contribution is 2.47. The Balaban J connectivity index is 2.24. The summed E-state index contributed by atoms with van der Waals surface area (Å²) in [6, 6.07) is 0. The number of rotatable bonds is 2. The summed E-state index contributed by atoms with van der Waals surface area (Å²) in [6.07, 6.45) is 2.21. The average Bonchev–Trinajstić information content (AvgIpc) is 2.70. The Morgan fingerprint density at radius 3 is 2.77 bits per heavy atom. The van der Waals surface area contributed by atoms with Gasteiger partial charge in [-0.3, -0.25) is 4.68 Å². The third-order valence-electron chi connectivity index (χ3n) is 2.80. The molecule has 0 saturated heterocycles. The SMILES string of the molecule is CC1CC1C(O)c1c(Cl)cnn1C. The normalized spacial score (nSPS) is 28.9. The van der Waals surface area contributed by atoms with Crippen molar-refractivity contribution in [1.29, 1.82) is 0 Å². The molecule has 3 nitrogen and oxygen atoms in total. The lowest BCUT2D eigenvalue weighted by Gasteiger charge is -2.10. The number of aryl methyl sites for hydroxylation is 1. The molecule has 4 heteroatoms. The third-order valence-corrected chi connectivity index (χ3v) is 3.09. The average molecular weight is 201 g/mol. The van der Waals surface area contributed by atoms with E-state index in [0.29, 0.717) is 16.9 Å². The summed E-state index contributed by atoms with van der Waals surface area (Å²) in [5, 5.41) is 14.5. The summed E-state index contributed by atoms with van der Waals surface area (Å²) in [6.45, 7) is 2.14. The zero-order valence-electron chi connectivity index (χ0n) is 7.74. The molecule has 1 saturated carbocycles. The van der Waals surface area contributed by atoms with Crippen LogP contribution < -0.4 is 0 Å².